The Hall–Kier alpha value is -2.92. The number of ether oxygens (including phenoxy) is 2. The third kappa shape index (κ3) is 3.13. The van der Waals surface area contributed by atoms with Gasteiger partial charge in [0.15, 0.2) is 5.78 Å². The predicted octanol–water partition coefficient (Wildman–Crippen LogP) is 3.34. The Kier molecular flexibility index (Phi) is 4.91. The zero-order valence-corrected chi connectivity index (χ0v) is 15.5. The molecule has 5 nitrogen and oxygen atoms in total. The number of Topliss-reactive ketones (excluding diaryl/α,β-unsaturated/α-hetero) is 1. The molecular formula is C21H22N2O3. The van der Waals surface area contributed by atoms with Crippen LogP contribution in [-0.4, -0.2) is 44.0 Å². The molecule has 1 aliphatic carbocycles. The highest BCUT2D eigenvalue weighted by Crippen LogP contribution is 2.40. The number of pyridine rings is 1. The van der Waals surface area contributed by atoms with Crippen molar-refractivity contribution in [2.24, 2.45) is 0 Å². The van der Waals surface area contributed by atoms with Gasteiger partial charge in [-0.15, -0.1) is 0 Å². The van der Waals surface area contributed by atoms with E-state index in [9.17, 15) is 4.79 Å². The first-order valence-corrected chi connectivity index (χ1v) is 8.26. The van der Waals surface area contributed by atoms with Crippen LogP contribution in [0.25, 0.3) is 5.57 Å². The smallest absolute Gasteiger partial charge is 0.194 e. The third-order valence-corrected chi connectivity index (χ3v) is 4.35. The van der Waals surface area contributed by atoms with E-state index in [0.717, 1.165) is 40.3 Å². The van der Waals surface area contributed by atoms with Crippen LogP contribution in [0.4, 0.5) is 0 Å². The highest BCUT2D eigenvalue weighted by Gasteiger charge is 2.25. The van der Waals surface area contributed by atoms with Crippen LogP contribution >= 0.6 is 0 Å². The van der Waals surface area contributed by atoms with Crippen LogP contribution in [0.5, 0.6) is 11.5 Å². The second-order valence-corrected chi connectivity index (χ2v) is 6.44. The minimum Gasteiger partial charge on any atom is -0.496 e. The van der Waals surface area contributed by atoms with E-state index >= 15 is 0 Å². The molecule has 5 heteroatoms. The van der Waals surface area contributed by atoms with Crippen LogP contribution in [0.3, 0.4) is 0 Å². The SMILES string of the molecule is C=C1C=C(c2cc(OC)c(CN(C)C)cc2OC)c2ccncc2C1=O. The van der Waals surface area contributed by atoms with Crippen LogP contribution in [0, 0.1) is 0 Å². The number of hydrogen-bond acceptors (Lipinski definition) is 5. The molecule has 1 aromatic heterocycles. The van der Waals surface area contributed by atoms with Crippen molar-refractivity contribution in [1.29, 1.82) is 0 Å². The quantitative estimate of drug-likeness (QED) is 0.774. The van der Waals surface area contributed by atoms with Crippen molar-refractivity contribution < 1.29 is 14.3 Å². The maximum Gasteiger partial charge on any atom is 0.194 e. The molecule has 0 saturated carbocycles. The molecule has 3 rings (SSSR count). The molecule has 1 heterocycles. The number of hydrogen-bond donors (Lipinski definition) is 0. The molecule has 0 amide bonds. The van der Waals surface area contributed by atoms with E-state index in [1.54, 1.807) is 32.7 Å². The monoisotopic (exact) mass is 350 g/mol. The Morgan fingerprint density at radius 2 is 1.81 bits per heavy atom. The van der Waals surface area contributed by atoms with Crippen molar-refractivity contribution in [3.8, 4) is 11.5 Å². The largest absolute Gasteiger partial charge is 0.496 e. The highest BCUT2D eigenvalue weighted by molar-refractivity contribution is 6.17. The van der Waals surface area contributed by atoms with Gasteiger partial charge < -0.3 is 14.4 Å². The Labute approximate surface area is 153 Å². The minimum atomic E-state index is -0.105. The van der Waals surface area contributed by atoms with E-state index in [0.29, 0.717) is 11.1 Å². The Balaban J connectivity index is 2.21. The molecule has 0 atom stereocenters. The molecule has 0 radical (unpaired) electrons. The summed E-state index contributed by atoms with van der Waals surface area (Å²) in [5.74, 6) is 1.39. The normalized spacial score (nSPS) is 13.5. The van der Waals surface area contributed by atoms with E-state index in [4.69, 9.17) is 9.47 Å². The predicted molar refractivity (Wildman–Crippen MR) is 102 cm³/mol. The molecule has 26 heavy (non-hydrogen) atoms. The number of rotatable bonds is 5. The molecule has 0 aliphatic heterocycles. The van der Waals surface area contributed by atoms with Crippen LogP contribution < -0.4 is 9.47 Å². The molecular weight excluding hydrogens is 328 g/mol. The van der Waals surface area contributed by atoms with Crippen LogP contribution in [-0.2, 0) is 6.54 Å². The van der Waals surface area contributed by atoms with Gasteiger partial charge in [0.05, 0.1) is 14.2 Å². The number of allylic oxidation sites excluding steroid dienone is 2. The summed E-state index contributed by atoms with van der Waals surface area (Å²) in [6.45, 7) is 4.62. The summed E-state index contributed by atoms with van der Waals surface area (Å²) < 4.78 is 11.3. The minimum absolute atomic E-state index is 0.105. The third-order valence-electron chi connectivity index (χ3n) is 4.35. The molecule has 0 bridgehead atoms. The van der Waals surface area contributed by atoms with Crippen molar-refractivity contribution in [3.63, 3.8) is 0 Å². The first-order valence-electron chi connectivity index (χ1n) is 8.26. The summed E-state index contributed by atoms with van der Waals surface area (Å²) in [5, 5.41) is 0. The second-order valence-electron chi connectivity index (χ2n) is 6.44. The molecule has 0 spiro atoms. The van der Waals surface area contributed by atoms with Crippen molar-refractivity contribution in [2.45, 2.75) is 6.54 Å². The average Bonchev–Trinajstić information content (AvgIpc) is 2.64. The lowest BCUT2D eigenvalue weighted by molar-refractivity contribution is 0.103. The zero-order chi connectivity index (χ0) is 18.8. The number of nitrogens with zero attached hydrogens (tertiary/aromatic N) is 2. The van der Waals surface area contributed by atoms with Gasteiger partial charge in [-0.3, -0.25) is 9.78 Å². The van der Waals surface area contributed by atoms with Gasteiger partial charge in [-0.05, 0) is 49.5 Å². The van der Waals surface area contributed by atoms with Crippen LogP contribution in [0.1, 0.15) is 27.0 Å². The molecule has 134 valence electrons. The summed E-state index contributed by atoms with van der Waals surface area (Å²) in [5.41, 5.74) is 4.55. The van der Waals surface area contributed by atoms with Gasteiger partial charge in [0.1, 0.15) is 11.5 Å². The fourth-order valence-corrected chi connectivity index (χ4v) is 3.16. The first-order chi connectivity index (χ1) is 12.5. The number of carbonyl (C=O) groups excluding carboxylic acids is 1. The fraction of sp³-hybridized carbons (Fsp3) is 0.238. The van der Waals surface area contributed by atoms with E-state index in [1.165, 1.54) is 0 Å². The number of aromatic nitrogens is 1. The maximum atomic E-state index is 12.4. The van der Waals surface area contributed by atoms with Crippen molar-refractivity contribution in [1.82, 2.24) is 9.88 Å². The average molecular weight is 350 g/mol. The van der Waals surface area contributed by atoms with E-state index in [2.05, 4.69) is 16.5 Å². The van der Waals surface area contributed by atoms with Crippen molar-refractivity contribution >= 4 is 11.4 Å². The van der Waals surface area contributed by atoms with Crippen molar-refractivity contribution in [2.75, 3.05) is 28.3 Å². The van der Waals surface area contributed by atoms with Gasteiger partial charge >= 0.3 is 0 Å². The van der Waals surface area contributed by atoms with E-state index in [-0.39, 0.29) is 5.78 Å². The summed E-state index contributed by atoms with van der Waals surface area (Å²) in [6.07, 6.45) is 5.06. The molecule has 0 N–H and O–H groups in total. The molecule has 0 fully saturated rings. The van der Waals surface area contributed by atoms with Crippen LogP contribution in [0.2, 0.25) is 0 Å². The first kappa shape index (κ1) is 17.9. The van der Waals surface area contributed by atoms with Gasteiger partial charge in [0.25, 0.3) is 0 Å². The molecule has 2 aromatic rings. The van der Waals surface area contributed by atoms with Gasteiger partial charge in [0, 0.05) is 41.2 Å². The van der Waals surface area contributed by atoms with E-state index in [1.807, 2.05) is 32.3 Å². The number of methoxy groups -OCH3 is 2. The molecule has 0 unspecified atom stereocenters. The second kappa shape index (κ2) is 7.14. The standard InChI is InChI=1S/C21H22N2O3/c1-13-8-16(15-6-7-22-11-18(15)21(13)24)17-10-19(25-4)14(12-23(2)3)9-20(17)26-5/h6-11H,1,12H2,2-5H3. The molecule has 1 aromatic carbocycles. The van der Waals surface area contributed by atoms with Crippen LogP contribution in [0.15, 0.2) is 48.8 Å². The number of carbonyl (C=O) groups is 1. The zero-order valence-electron chi connectivity index (χ0n) is 15.5. The number of ketones is 1. The van der Waals surface area contributed by atoms with E-state index < -0.39 is 0 Å². The summed E-state index contributed by atoms with van der Waals surface area (Å²) in [4.78, 5) is 18.6. The fourth-order valence-electron chi connectivity index (χ4n) is 3.16. The molecule has 1 aliphatic rings. The Morgan fingerprint density at radius 3 is 2.46 bits per heavy atom. The van der Waals surface area contributed by atoms with Gasteiger partial charge in [-0.1, -0.05) is 6.58 Å². The van der Waals surface area contributed by atoms with Crippen molar-refractivity contribution in [3.05, 3.63) is 71.1 Å². The lowest BCUT2D eigenvalue weighted by Gasteiger charge is -2.22. The van der Waals surface area contributed by atoms with Gasteiger partial charge in [-0.25, -0.2) is 0 Å². The topological polar surface area (TPSA) is 51.7 Å². The number of fused-ring (bicyclic) bond motifs is 1. The summed E-state index contributed by atoms with van der Waals surface area (Å²) >= 11 is 0. The lowest BCUT2D eigenvalue weighted by atomic mass is 9.84. The maximum absolute atomic E-state index is 12.4. The van der Waals surface area contributed by atoms with Gasteiger partial charge in [-0.2, -0.15) is 0 Å². The molecule has 0 saturated heterocycles. The Morgan fingerprint density at radius 1 is 1.08 bits per heavy atom. The highest BCUT2D eigenvalue weighted by atomic mass is 16.5. The van der Waals surface area contributed by atoms with Gasteiger partial charge in [0.2, 0.25) is 0 Å². The lowest BCUT2D eigenvalue weighted by Crippen LogP contribution is -2.13. The number of benzene rings is 1. The Bertz CT molecular complexity index is 913. The summed E-state index contributed by atoms with van der Waals surface area (Å²) in [7, 11) is 7.30. The summed E-state index contributed by atoms with van der Waals surface area (Å²) in [6, 6.07) is 5.77.